The van der Waals surface area contributed by atoms with Crippen LogP contribution < -0.4 is 10.1 Å². The van der Waals surface area contributed by atoms with Crippen LogP contribution >= 0.6 is 11.6 Å². The molecule has 2 heterocycles. The minimum atomic E-state index is -0.0981. The number of nitrogens with one attached hydrogen (secondary N) is 1. The van der Waals surface area contributed by atoms with Crippen molar-refractivity contribution >= 4 is 34.2 Å². The minimum Gasteiger partial charge on any atom is -0.494 e. The Labute approximate surface area is 192 Å². The van der Waals surface area contributed by atoms with Gasteiger partial charge >= 0.3 is 0 Å². The zero-order chi connectivity index (χ0) is 22.7. The van der Waals surface area contributed by atoms with Crippen molar-refractivity contribution in [2.24, 2.45) is 0 Å². The number of amides is 1. The lowest BCUT2D eigenvalue weighted by atomic mass is 10.1. The van der Waals surface area contributed by atoms with Gasteiger partial charge in [-0.15, -0.1) is 0 Å². The third kappa shape index (κ3) is 4.92. The summed E-state index contributed by atoms with van der Waals surface area (Å²) >= 11 is 6.20. The second-order valence-corrected chi connectivity index (χ2v) is 8.19. The summed E-state index contributed by atoms with van der Waals surface area (Å²) in [6, 6.07) is 17.4. The van der Waals surface area contributed by atoms with Gasteiger partial charge in [-0.25, -0.2) is 4.98 Å². The third-order valence-corrected chi connectivity index (χ3v) is 5.72. The Balaban J connectivity index is 1.37. The Bertz CT molecular complexity index is 1260. The van der Waals surface area contributed by atoms with Crippen LogP contribution in [0.1, 0.15) is 29.7 Å². The standard InChI is InChI=1S/C25H25ClN4O2/c1-16-13-20(14-17(2)25(16)26)32-12-6-9-24(31)28-23-15-18(3)29-30(23)22-11-10-19-7-4-5-8-21(19)27-22/h4-5,7-8,10-11,13-15H,6,9,12H2,1-3H3,(H,28,31). The molecule has 164 valence electrons. The van der Waals surface area contributed by atoms with Gasteiger partial charge in [0.2, 0.25) is 5.91 Å². The van der Waals surface area contributed by atoms with Gasteiger partial charge in [-0.3, -0.25) is 4.79 Å². The van der Waals surface area contributed by atoms with Gasteiger partial charge in [0.05, 0.1) is 17.8 Å². The van der Waals surface area contributed by atoms with E-state index in [1.807, 2.05) is 75.4 Å². The van der Waals surface area contributed by atoms with Crippen LogP contribution in [0.25, 0.3) is 16.7 Å². The minimum absolute atomic E-state index is 0.0981. The first-order valence-corrected chi connectivity index (χ1v) is 10.9. The first-order chi connectivity index (χ1) is 15.4. The molecule has 2 aromatic carbocycles. The summed E-state index contributed by atoms with van der Waals surface area (Å²) in [5.41, 5.74) is 3.63. The lowest BCUT2D eigenvalue weighted by Crippen LogP contribution is -2.16. The molecule has 1 amide bonds. The molecule has 2 aromatic heterocycles. The van der Waals surface area contributed by atoms with Crippen molar-refractivity contribution in [3.8, 4) is 11.6 Å². The number of aryl methyl sites for hydroxylation is 3. The van der Waals surface area contributed by atoms with Crippen molar-refractivity contribution in [3.05, 3.63) is 76.4 Å². The zero-order valence-electron chi connectivity index (χ0n) is 18.4. The number of para-hydroxylation sites is 1. The number of anilines is 1. The topological polar surface area (TPSA) is 69.0 Å². The average molecular weight is 449 g/mol. The number of rotatable bonds is 7. The smallest absolute Gasteiger partial charge is 0.225 e. The average Bonchev–Trinajstić information content (AvgIpc) is 3.14. The van der Waals surface area contributed by atoms with E-state index in [0.717, 1.165) is 38.5 Å². The SMILES string of the molecule is Cc1cc(NC(=O)CCCOc2cc(C)c(Cl)c(C)c2)n(-c2ccc3ccccc3n2)n1. The molecule has 6 nitrogen and oxygen atoms in total. The Morgan fingerprint density at radius 1 is 1.06 bits per heavy atom. The normalized spacial score (nSPS) is 11.0. The molecule has 0 aliphatic heterocycles. The largest absolute Gasteiger partial charge is 0.494 e. The van der Waals surface area contributed by atoms with Gasteiger partial charge < -0.3 is 10.1 Å². The Hall–Kier alpha value is -3.38. The van der Waals surface area contributed by atoms with E-state index in [0.29, 0.717) is 31.1 Å². The second-order valence-electron chi connectivity index (χ2n) is 7.82. The molecule has 0 bridgehead atoms. The molecule has 0 spiro atoms. The highest BCUT2D eigenvalue weighted by Crippen LogP contribution is 2.26. The highest BCUT2D eigenvalue weighted by Gasteiger charge is 2.12. The molecule has 0 saturated carbocycles. The lowest BCUT2D eigenvalue weighted by molar-refractivity contribution is -0.116. The molecular weight excluding hydrogens is 424 g/mol. The second kappa shape index (κ2) is 9.40. The number of nitrogens with zero attached hydrogens (tertiary/aromatic N) is 3. The van der Waals surface area contributed by atoms with Gasteiger partial charge in [-0.2, -0.15) is 9.78 Å². The Kier molecular flexibility index (Phi) is 6.42. The molecule has 0 radical (unpaired) electrons. The van der Waals surface area contributed by atoms with Gasteiger partial charge in [0.25, 0.3) is 0 Å². The molecule has 7 heteroatoms. The van der Waals surface area contributed by atoms with Crippen LogP contribution in [0.2, 0.25) is 5.02 Å². The fourth-order valence-corrected chi connectivity index (χ4v) is 3.66. The zero-order valence-corrected chi connectivity index (χ0v) is 19.1. The van der Waals surface area contributed by atoms with Crippen molar-refractivity contribution in [2.45, 2.75) is 33.6 Å². The Morgan fingerprint density at radius 3 is 2.59 bits per heavy atom. The summed E-state index contributed by atoms with van der Waals surface area (Å²) in [7, 11) is 0. The maximum absolute atomic E-state index is 12.5. The number of ether oxygens (including phenoxy) is 1. The molecule has 0 fully saturated rings. The predicted octanol–water partition coefficient (Wildman–Crippen LogP) is 5.80. The summed E-state index contributed by atoms with van der Waals surface area (Å²) < 4.78 is 7.46. The maximum atomic E-state index is 12.5. The molecular formula is C25H25ClN4O2. The number of halogens is 1. The molecule has 4 rings (SSSR count). The summed E-state index contributed by atoms with van der Waals surface area (Å²) in [6.07, 6.45) is 0.925. The molecule has 0 saturated heterocycles. The van der Waals surface area contributed by atoms with E-state index in [-0.39, 0.29) is 5.91 Å². The van der Waals surface area contributed by atoms with Crippen molar-refractivity contribution in [1.29, 1.82) is 0 Å². The molecule has 32 heavy (non-hydrogen) atoms. The van der Waals surface area contributed by atoms with Crippen molar-refractivity contribution < 1.29 is 9.53 Å². The first-order valence-electron chi connectivity index (χ1n) is 10.5. The number of hydrogen-bond donors (Lipinski definition) is 1. The number of pyridine rings is 1. The molecule has 0 unspecified atom stereocenters. The first kappa shape index (κ1) is 21.8. The highest BCUT2D eigenvalue weighted by atomic mass is 35.5. The molecule has 4 aromatic rings. The van der Waals surface area contributed by atoms with Crippen molar-refractivity contribution in [1.82, 2.24) is 14.8 Å². The van der Waals surface area contributed by atoms with Gasteiger partial charge in [0, 0.05) is 22.9 Å². The van der Waals surface area contributed by atoms with Crippen LogP contribution in [-0.2, 0) is 4.79 Å². The van der Waals surface area contributed by atoms with Crippen LogP contribution in [0.5, 0.6) is 5.75 Å². The summed E-state index contributed by atoms with van der Waals surface area (Å²) in [5, 5.41) is 9.26. The van der Waals surface area contributed by atoms with E-state index < -0.39 is 0 Å². The quantitative estimate of drug-likeness (QED) is 0.363. The van der Waals surface area contributed by atoms with Crippen LogP contribution in [0.4, 0.5) is 5.82 Å². The molecule has 0 atom stereocenters. The summed E-state index contributed by atoms with van der Waals surface area (Å²) in [4.78, 5) is 17.2. The van der Waals surface area contributed by atoms with Crippen molar-refractivity contribution in [3.63, 3.8) is 0 Å². The Morgan fingerprint density at radius 2 is 1.81 bits per heavy atom. The fraction of sp³-hybridized carbons (Fsp3) is 0.240. The molecule has 0 aliphatic rings. The number of benzene rings is 2. The lowest BCUT2D eigenvalue weighted by Gasteiger charge is -2.11. The van der Waals surface area contributed by atoms with Gasteiger partial charge in [0.15, 0.2) is 5.82 Å². The van der Waals surface area contributed by atoms with Gasteiger partial charge in [-0.05, 0) is 68.7 Å². The third-order valence-electron chi connectivity index (χ3n) is 5.13. The van der Waals surface area contributed by atoms with E-state index in [2.05, 4.69) is 15.4 Å². The monoisotopic (exact) mass is 448 g/mol. The van der Waals surface area contributed by atoms with Gasteiger partial charge in [-0.1, -0.05) is 29.8 Å². The van der Waals surface area contributed by atoms with E-state index in [1.165, 1.54) is 0 Å². The van der Waals surface area contributed by atoms with E-state index in [4.69, 9.17) is 16.3 Å². The number of fused-ring (bicyclic) bond motifs is 1. The van der Waals surface area contributed by atoms with Crippen molar-refractivity contribution in [2.75, 3.05) is 11.9 Å². The van der Waals surface area contributed by atoms with E-state index in [9.17, 15) is 4.79 Å². The molecule has 1 N–H and O–H groups in total. The molecule has 0 aliphatic carbocycles. The summed E-state index contributed by atoms with van der Waals surface area (Å²) in [5.74, 6) is 1.92. The van der Waals surface area contributed by atoms with Gasteiger partial charge in [0.1, 0.15) is 11.6 Å². The van der Waals surface area contributed by atoms with Crippen LogP contribution in [-0.4, -0.2) is 27.3 Å². The number of carbonyl (C=O) groups excluding carboxylic acids is 1. The maximum Gasteiger partial charge on any atom is 0.225 e. The van der Waals surface area contributed by atoms with E-state index >= 15 is 0 Å². The highest BCUT2D eigenvalue weighted by molar-refractivity contribution is 6.32. The van der Waals surface area contributed by atoms with Crippen LogP contribution in [0.3, 0.4) is 0 Å². The van der Waals surface area contributed by atoms with Crippen LogP contribution in [0, 0.1) is 20.8 Å². The number of hydrogen-bond acceptors (Lipinski definition) is 4. The fourth-order valence-electron chi connectivity index (χ4n) is 3.55. The van der Waals surface area contributed by atoms with E-state index in [1.54, 1.807) is 4.68 Å². The van der Waals surface area contributed by atoms with Crippen LogP contribution in [0.15, 0.2) is 54.6 Å². The number of carbonyl (C=O) groups is 1. The number of aromatic nitrogens is 3. The summed E-state index contributed by atoms with van der Waals surface area (Å²) in [6.45, 7) is 6.23. The predicted molar refractivity (Wildman–Crippen MR) is 128 cm³/mol.